The summed E-state index contributed by atoms with van der Waals surface area (Å²) < 4.78 is 6.33. The van der Waals surface area contributed by atoms with E-state index in [1.807, 2.05) is 6.92 Å². The van der Waals surface area contributed by atoms with Crippen molar-refractivity contribution in [3.05, 3.63) is 22.4 Å². The number of hydrogen-bond donors (Lipinski definition) is 1. The summed E-state index contributed by atoms with van der Waals surface area (Å²) in [5, 5.41) is 9.07. The van der Waals surface area contributed by atoms with Crippen LogP contribution in [0.1, 0.15) is 12.5 Å². The van der Waals surface area contributed by atoms with Gasteiger partial charge in [0.25, 0.3) is 0 Å². The lowest BCUT2D eigenvalue weighted by Crippen LogP contribution is -2.38. The first-order valence-corrected chi connectivity index (χ1v) is 5.63. The third kappa shape index (κ3) is 1.97. The Balaban J connectivity index is 2.38. The van der Waals surface area contributed by atoms with E-state index < -0.39 is 6.09 Å². The van der Waals surface area contributed by atoms with Crippen LogP contribution in [0.25, 0.3) is 0 Å². The molecule has 0 saturated carbocycles. The Bertz CT molecular complexity index is 425. The SMILES string of the molecule is C[C@@H]1COc2c(Br)cncc2CN1C(=O)O. The van der Waals surface area contributed by atoms with Gasteiger partial charge in [0.05, 0.1) is 17.1 Å². The summed E-state index contributed by atoms with van der Waals surface area (Å²) in [5.74, 6) is 0.686. The average molecular weight is 287 g/mol. The molecule has 2 rings (SSSR count). The molecule has 0 spiro atoms. The third-order valence-corrected chi connectivity index (χ3v) is 3.08. The van der Waals surface area contributed by atoms with Crippen LogP contribution in [0.5, 0.6) is 5.75 Å². The van der Waals surface area contributed by atoms with Crippen molar-refractivity contribution in [3.63, 3.8) is 0 Å². The van der Waals surface area contributed by atoms with Crippen LogP contribution < -0.4 is 4.74 Å². The number of carboxylic acid groups (broad SMARTS) is 1. The third-order valence-electron chi connectivity index (χ3n) is 2.51. The molecule has 0 radical (unpaired) electrons. The molecule has 1 N–H and O–H groups in total. The fourth-order valence-corrected chi connectivity index (χ4v) is 2.11. The second-order valence-electron chi connectivity index (χ2n) is 3.68. The highest BCUT2D eigenvalue weighted by Crippen LogP contribution is 2.31. The lowest BCUT2D eigenvalue weighted by molar-refractivity contribution is 0.113. The van der Waals surface area contributed by atoms with Gasteiger partial charge in [0.2, 0.25) is 0 Å². The van der Waals surface area contributed by atoms with Crippen LogP contribution in [0.3, 0.4) is 0 Å². The first-order chi connectivity index (χ1) is 7.59. The number of amides is 1. The first kappa shape index (κ1) is 11.2. The summed E-state index contributed by atoms with van der Waals surface area (Å²) in [4.78, 5) is 16.4. The zero-order valence-corrected chi connectivity index (χ0v) is 10.3. The van der Waals surface area contributed by atoms with Gasteiger partial charge in [-0.1, -0.05) is 0 Å². The van der Waals surface area contributed by atoms with Crippen molar-refractivity contribution >= 4 is 22.0 Å². The van der Waals surface area contributed by atoms with Crippen molar-refractivity contribution in [3.8, 4) is 5.75 Å². The molecule has 0 aromatic carbocycles. The molecule has 0 aliphatic carbocycles. The summed E-state index contributed by atoms with van der Waals surface area (Å²) >= 11 is 3.34. The molecule has 1 aliphatic rings. The number of halogens is 1. The van der Waals surface area contributed by atoms with Gasteiger partial charge in [0, 0.05) is 18.0 Å². The van der Waals surface area contributed by atoms with Crippen molar-refractivity contribution in [2.75, 3.05) is 6.61 Å². The lowest BCUT2D eigenvalue weighted by Gasteiger charge is -2.22. The number of ether oxygens (including phenoxy) is 1. The molecule has 0 unspecified atom stereocenters. The Kier molecular flexibility index (Phi) is 3.00. The minimum absolute atomic E-state index is 0.170. The van der Waals surface area contributed by atoms with Crippen molar-refractivity contribution < 1.29 is 14.6 Å². The fourth-order valence-electron chi connectivity index (χ4n) is 1.63. The van der Waals surface area contributed by atoms with Crippen LogP contribution in [0.4, 0.5) is 4.79 Å². The van der Waals surface area contributed by atoms with Crippen LogP contribution >= 0.6 is 15.9 Å². The molecule has 1 aromatic rings. The van der Waals surface area contributed by atoms with Crippen molar-refractivity contribution in [1.29, 1.82) is 0 Å². The van der Waals surface area contributed by atoms with E-state index in [1.54, 1.807) is 12.4 Å². The number of pyridine rings is 1. The summed E-state index contributed by atoms with van der Waals surface area (Å²) in [5.41, 5.74) is 0.779. The van der Waals surface area contributed by atoms with E-state index in [1.165, 1.54) is 4.90 Å². The van der Waals surface area contributed by atoms with E-state index in [4.69, 9.17) is 9.84 Å². The zero-order chi connectivity index (χ0) is 11.7. The molecule has 6 heteroatoms. The Morgan fingerprint density at radius 1 is 1.69 bits per heavy atom. The maximum atomic E-state index is 11.1. The first-order valence-electron chi connectivity index (χ1n) is 4.84. The lowest BCUT2D eigenvalue weighted by atomic mass is 10.2. The smallest absolute Gasteiger partial charge is 0.407 e. The molecule has 16 heavy (non-hydrogen) atoms. The Labute approximate surface area is 101 Å². The predicted octanol–water partition coefficient (Wildman–Crippen LogP) is 2.10. The highest BCUT2D eigenvalue weighted by atomic mass is 79.9. The standard InChI is InChI=1S/C10H11BrN2O3/c1-6-5-16-9-7(2-12-3-8(9)11)4-13(6)10(14)15/h2-3,6H,4-5H2,1H3,(H,14,15)/t6-/m1/s1. The summed E-state index contributed by atoms with van der Waals surface area (Å²) in [6, 6.07) is -0.170. The Morgan fingerprint density at radius 3 is 3.12 bits per heavy atom. The van der Waals surface area contributed by atoms with Gasteiger partial charge in [-0.05, 0) is 22.9 Å². The van der Waals surface area contributed by atoms with Crippen LogP contribution in [-0.4, -0.2) is 33.7 Å². The summed E-state index contributed by atoms with van der Waals surface area (Å²) in [7, 11) is 0. The minimum Gasteiger partial charge on any atom is -0.490 e. The topological polar surface area (TPSA) is 62.7 Å². The van der Waals surface area contributed by atoms with Gasteiger partial charge in [-0.2, -0.15) is 0 Å². The molecule has 0 bridgehead atoms. The quantitative estimate of drug-likeness (QED) is 0.793. The highest BCUT2D eigenvalue weighted by Gasteiger charge is 2.26. The van der Waals surface area contributed by atoms with Gasteiger partial charge in [-0.15, -0.1) is 0 Å². The van der Waals surface area contributed by atoms with E-state index in [2.05, 4.69) is 20.9 Å². The molecule has 86 valence electrons. The van der Waals surface area contributed by atoms with E-state index in [-0.39, 0.29) is 6.04 Å². The second kappa shape index (κ2) is 4.29. The largest absolute Gasteiger partial charge is 0.490 e. The van der Waals surface area contributed by atoms with E-state index >= 15 is 0 Å². The molecule has 0 saturated heterocycles. The maximum Gasteiger partial charge on any atom is 0.407 e. The second-order valence-corrected chi connectivity index (χ2v) is 4.53. The Hall–Kier alpha value is -1.30. The number of aromatic nitrogens is 1. The molecular formula is C10H11BrN2O3. The minimum atomic E-state index is -0.941. The van der Waals surface area contributed by atoms with Gasteiger partial charge in [-0.3, -0.25) is 9.88 Å². The van der Waals surface area contributed by atoms with E-state index in [0.717, 1.165) is 10.0 Å². The van der Waals surface area contributed by atoms with Crippen LogP contribution in [-0.2, 0) is 6.54 Å². The predicted molar refractivity (Wildman–Crippen MR) is 60.5 cm³/mol. The zero-order valence-electron chi connectivity index (χ0n) is 8.68. The number of rotatable bonds is 0. The van der Waals surface area contributed by atoms with Gasteiger partial charge in [0.1, 0.15) is 12.4 Å². The molecule has 1 aromatic heterocycles. The number of fused-ring (bicyclic) bond motifs is 1. The van der Waals surface area contributed by atoms with Crippen LogP contribution in [0, 0.1) is 0 Å². The molecule has 2 heterocycles. The average Bonchev–Trinajstić information content (AvgIpc) is 2.39. The Morgan fingerprint density at radius 2 is 2.44 bits per heavy atom. The van der Waals surface area contributed by atoms with Gasteiger partial charge in [0.15, 0.2) is 0 Å². The number of nitrogens with zero attached hydrogens (tertiary/aromatic N) is 2. The molecule has 5 nitrogen and oxygen atoms in total. The molecule has 1 aliphatic heterocycles. The molecule has 0 fully saturated rings. The van der Waals surface area contributed by atoms with E-state index in [9.17, 15) is 4.79 Å². The summed E-state index contributed by atoms with van der Waals surface area (Å²) in [6.07, 6.45) is 2.33. The van der Waals surface area contributed by atoms with Crippen molar-refractivity contribution in [1.82, 2.24) is 9.88 Å². The van der Waals surface area contributed by atoms with E-state index in [0.29, 0.717) is 18.9 Å². The van der Waals surface area contributed by atoms with Crippen LogP contribution in [0.2, 0.25) is 0 Å². The normalized spacial score (nSPS) is 19.6. The van der Waals surface area contributed by atoms with Gasteiger partial charge in [-0.25, -0.2) is 4.79 Å². The summed E-state index contributed by atoms with van der Waals surface area (Å²) in [6.45, 7) is 2.47. The van der Waals surface area contributed by atoms with Gasteiger partial charge >= 0.3 is 6.09 Å². The van der Waals surface area contributed by atoms with Crippen molar-refractivity contribution in [2.24, 2.45) is 0 Å². The van der Waals surface area contributed by atoms with Crippen LogP contribution in [0.15, 0.2) is 16.9 Å². The number of carbonyl (C=O) groups is 1. The monoisotopic (exact) mass is 286 g/mol. The molecule has 1 amide bonds. The maximum absolute atomic E-state index is 11.1. The van der Waals surface area contributed by atoms with Gasteiger partial charge < -0.3 is 9.84 Å². The fraction of sp³-hybridized carbons (Fsp3) is 0.400. The number of hydrogen-bond acceptors (Lipinski definition) is 3. The molecule has 1 atom stereocenters. The highest BCUT2D eigenvalue weighted by molar-refractivity contribution is 9.10. The van der Waals surface area contributed by atoms with Crippen molar-refractivity contribution in [2.45, 2.75) is 19.5 Å². The molecular weight excluding hydrogens is 276 g/mol.